The van der Waals surface area contributed by atoms with Crippen molar-refractivity contribution in [2.75, 3.05) is 0 Å². The van der Waals surface area contributed by atoms with E-state index in [1.165, 1.54) is 27.7 Å². The van der Waals surface area contributed by atoms with Crippen LogP contribution in [0.1, 0.15) is 27.7 Å². The summed E-state index contributed by atoms with van der Waals surface area (Å²) in [5, 5.41) is 7.16. The fourth-order valence-electron chi connectivity index (χ4n) is 1.14. The molecule has 0 bridgehead atoms. The SMILES string of the molecule is CC(=O)NC(C)C(=O)NC(C)C(=O)NC(C)[C]=O. The molecule has 0 aliphatic rings. The van der Waals surface area contributed by atoms with Gasteiger partial charge < -0.3 is 16.0 Å². The van der Waals surface area contributed by atoms with Crippen LogP contribution in [-0.4, -0.2) is 42.1 Å². The maximum absolute atomic E-state index is 11.6. The van der Waals surface area contributed by atoms with Crippen molar-refractivity contribution in [3.05, 3.63) is 0 Å². The fourth-order valence-corrected chi connectivity index (χ4v) is 1.14. The third-order valence-electron chi connectivity index (χ3n) is 2.10. The van der Waals surface area contributed by atoms with Crippen LogP contribution in [-0.2, 0) is 19.2 Å². The molecule has 7 heteroatoms. The third kappa shape index (κ3) is 5.97. The van der Waals surface area contributed by atoms with Crippen molar-refractivity contribution in [1.29, 1.82) is 0 Å². The summed E-state index contributed by atoms with van der Waals surface area (Å²) < 4.78 is 0. The molecule has 0 saturated heterocycles. The molecule has 3 amide bonds. The van der Waals surface area contributed by atoms with Crippen molar-refractivity contribution in [1.82, 2.24) is 16.0 Å². The summed E-state index contributed by atoms with van der Waals surface area (Å²) >= 11 is 0. The van der Waals surface area contributed by atoms with Crippen LogP contribution < -0.4 is 16.0 Å². The summed E-state index contributed by atoms with van der Waals surface area (Å²) in [5.74, 6) is -1.30. The Morgan fingerprint density at radius 2 is 1.33 bits per heavy atom. The first kappa shape index (κ1) is 16.1. The van der Waals surface area contributed by atoms with Gasteiger partial charge in [-0.05, 0) is 20.8 Å². The summed E-state index contributed by atoms with van der Waals surface area (Å²) in [7, 11) is 0. The molecule has 101 valence electrons. The summed E-state index contributed by atoms with van der Waals surface area (Å²) in [6.07, 6.45) is 1.60. The summed E-state index contributed by atoms with van der Waals surface area (Å²) in [5.41, 5.74) is 0. The highest BCUT2D eigenvalue weighted by atomic mass is 16.2. The van der Waals surface area contributed by atoms with Crippen LogP contribution in [0, 0.1) is 0 Å². The highest BCUT2D eigenvalue weighted by Gasteiger charge is 2.20. The summed E-state index contributed by atoms with van der Waals surface area (Å²) in [6.45, 7) is 5.75. The van der Waals surface area contributed by atoms with Gasteiger partial charge in [0.2, 0.25) is 24.0 Å². The van der Waals surface area contributed by atoms with Gasteiger partial charge in [0, 0.05) is 6.92 Å². The Hall–Kier alpha value is -1.92. The van der Waals surface area contributed by atoms with Crippen LogP contribution in [0.25, 0.3) is 0 Å². The second kappa shape index (κ2) is 7.41. The van der Waals surface area contributed by atoms with E-state index < -0.39 is 29.9 Å². The fraction of sp³-hybridized carbons (Fsp3) is 0.636. The number of rotatable bonds is 6. The molecule has 1 radical (unpaired) electrons. The lowest BCUT2D eigenvalue weighted by Gasteiger charge is -2.18. The molecule has 0 spiro atoms. The Morgan fingerprint density at radius 1 is 0.889 bits per heavy atom. The monoisotopic (exact) mass is 256 g/mol. The Morgan fingerprint density at radius 3 is 1.78 bits per heavy atom. The molecule has 0 heterocycles. The highest BCUT2D eigenvalue weighted by Crippen LogP contribution is 1.88. The third-order valence-corrected chi connectivity index (χ3v) is 2.10. The van der Waals surface area contributed by atoms with E-state index in [1.807, 2.05) is 0 Å². The predicted molar refractivity (Wildman–Crippen MR) is 64.2 cm³/mol. The molecule has 18 heavy (non-hydrogen) atoms. The molecule has 7 nitrogen and oxygen atoms in total. The van der Waals surface area contributed by atoms with E-state index in [1.54, 1.807) is 6.29 Å². The molecular formula is C11H18N3O4. The molecule has 0 aromatic carbocycles. The average Bonchev–Trinajstić information content (AvgIpc) is 2.27. The predicted octanol–water partition coefficient (Wildman–Crippen LogP) is -1.37. The minimum Gasteiger partial charge on any atom is -0.345 e. The zero-order valence-electron chi connectivity index (χ0n) is 10.9. The Bertz CT molecular complexity index is 343. The number of carbonyl (C=O) groups is 3. The molecule has 0 saturated carbocycles. The average molecular weight is 256 g/mol. The first-order chi connectivity index (χ1) is 8.27. The molecule has 3 unspecified atom stereocenters. The van der Waals surface area contributed by atoms with Crippen molar-refractivity contribution in [2.24, 2.45) is 0 Å². The van der Waals surface area contributed by atoms with E-state index in [-0.39, 0.29) is 5.91 Å². The van der Waals surface area contributed by atoms with Gasteiger partial charge in [0.05, 0.1) is 6.04 Å². The van der Waals surface area contributed by atoms with Gasteiger partial charge in [0.1, 0.15) is 12.1 Å². The lowest BCUT2D eigenvalue weighted by molar-refractivity contribution is -0.131. The minimum absolute atomic E-state index is 0.334. The van der Waals surface area contributed by atoms with Crippen molar-refractivity contribution in [2.45, 2.75) is 45.8 Å². The zero-order chi connectivity index (χ0) is 14.3. The number of hydrogen-bond acceptors (Lipinski definition) is 4. The smallest absolute Gasteiger partial charge is 0.242 e. The van der Waals surface area contributed by atoms with E-state index in [9.17, 15) is 19.2 Å². The first-order valence-corrected chi connectivity index (χ1v) is 5.53. The van der Waals surface area contributed by atoms with E-state index in [4.69, 9.17) is 0 Å². The molecule has 0 aromatic rings. The molecule has 0 aliphatic carbocycles. The van der Waals surface area contributed by atoms with Gasteiger partial charge >= 0.3 is 0 Å². The minimum atomic E-state index is -0.801. The van der Waals surface area contributed by atoms with E-state index in [2.05, 4.69) is 16.0 Å². The number of amides is 3. The number of hydrogen-bond donors (Lipinski definition) is 3. The van der Waals surface area contributed by atoms with Crippen LogP contribution in [0.5, 0.6) is 0 Å². The van der Waals surface area contributed by atoms with Crippen molar-refractivity contribution in [3.63, 3.8) is 0 Å². The largest absolute Gasteiger partial charge is 0.345 e. The lowest BCUT2D eigenvalue weighted by atomic mass is 10.2. The maximum atomic E-state index is 11.6. The normalized spacial score (nSPS) is 14.9. The van der Waals surface area contributed by atoms with E-state index in [0.717, 1.165) is 0 Å². The van der Waals surface area contributed by atoms with Gasteiger partial charge in [-0.1, -0.05) is 0 Å². The van der Waals surface area contributed by atoms with Gasteiger partial charge in [-0.2, -0.15) is 0 Å². The van der Waals surface area contributed by atoms with Gasteiger partial charge in [0.15, 0.2) is 0 Å². The Labute approximate surface area is 106 Å². The van der Waals surface area contributed by atoms with Gasteiger partial charge in [-0.15, -0.1) is 0 Å². The van der Waals surface area contributed by atoms with Crippen molar-refractivity contribution in [3.8, 4) is 0 Å². The van der Waals surface area contributed by atoms with Gasteiger partial charge in [-0.3, -0.25) is 19.2 Å². The van der Waals surface area contributed by atoms with Gasteiger partial charge in [-0.25, -0.2) is 0 Å². The summed E-state index contributed by atoms with van der Waals surface area (Å²) in [4.78, 5) is 44.1. The zero-order valence-corrected chi connectivity index (χ0v) is 10.9. The highest BCUT2D eigenvalue weighted by molar-refractivity contribution is 5.91. The molecule has 3 N–H and O–H groups in total. The van der Waals surface area contributed by atoms with Gasteiger partial charge in [0.25, 0.3) is 0 Å². The molecule has 0 fully saturated rings. The summed E-state index contributed by atoms with van der Waals surface area (Å²) in [6, 6.07) is -2.26. The van der Waals surface area contributed by atoms with Crippen LogP contribution in [0.15, 0.2) is 0 Å². The van der Waals surface area contributed by atoms with Crippen LogP contribution in [0.2, 0.25) is 0 Å². The second-order valence-corrected chi connectivity index (χ2v) is 4.00. The number of carbonyl (C=O) groups excluding carboxylic acids is 4. The maximum Gasteiger partial charge on any atom is 0.242 e. The van der Waals surface area contributed by atoms with Crippen LogP contribution in [0.4, 0.5) is 0 Å². The molecule has 0 aliphatic heterocycles. The molecular weight excluding hydrogens is 238 g/mol. The molecule has 0 aromatic heterocycles. The van der Waals surface area contributed by atoms with Crippen LogP contribution in [0.3, 0.4) is 0 Å². The topological polar surface area (TPSA) is 104 Å². The lowest BCUT2D eigenvalue weighted by Crippen LogP contribution is -2.52. The quantitative estimate of drug-likeness (QED) is 0.545. The molecule has 3 atom stereocenters. The Kier molecular flexibility index (Phi) is 6.62. The Balaban J connectivity index is 4.25. The number of nitrogens with one attached hydrogen (secondary N) is 3. The first-order valence-electron chi connectivity index (χ1n) is 5.53. The van der Waals surface area contributed by atoms with Crippen LogP contribution >= 0.6 is 0 Å². The second-order valence-electron chi connectivity index (χ2n) is 4.00. The van der Waals surface area contributed by atoms with E-state index in [0.29, 0.717) is 0 Å². The van der Waals surface area contributed by atoms with Crippen molar-refractivity contribution < 1.29 is 19.2 Å². The molecule has 0 rings (SSSR count). The standard InChI is InChI=1S/C11H18N3O4/c1-6(5-15)12-10(17)8(3)14-11(18)7(2)13-9(4)16/h6-8H,1-4H3,(H,12,17)(H,13,16)(H,14,18). The van der Waals surface area contributed by atoms with E-state index >= 15 is 0 Å². The van der Waals surface area contributed by atoms with Crippen molar-refractivity contribution >= 4 is 24.0 Å².